The van der Waals surface area contributed by atoms with Crippen LogP contribution in [0.3, 0.4) is 0 Å². The first-order chi connectivity index (χ1) is 8.50. The van der Waals surface area contributed by atoms with Gasteiger partial charge in [-0.3, -0.25) is 4.79 Å². The van der Waals surface area contributed by atoms with E-state index in [4.69, 9.17) is 23.2 Å². The van der Waals surface area contributed by atoms with E-state index in [9.17, 15) is 4.79 Å². The number of piperidine rings is 1. The normalized spacial score (nSPS) is 24.1. The molecule has 2 rings (SSSR count). The number of pyridine rings is 1. The summed E-state index contributed by atoms with van der Waals surface area (Å²) in [5, 5.41) is 0.549. The molecule has 0 aromatic carbocycles. The summed E-state index contributed by atoms with van der Waals surface area (Å²) in [5.74, 6) is -0.0132. The fourth-order valence-electron chi connectivity index (χ4n) is 2.51. The van der Waals surface area contributed by atoms with Crippen LogP contribution in [-0.2, 0) is 0 Å². The van der Waals surface area contributed by atoms with E-state index in [-0.39, 0.29) is 23.1 Å². The second-order valence-electron chi connectivity index (χ2n) is 4.84. The predicted octanol–water partition coefficient (Wildman–Crippen LogP) is 3.79. The number of nitrogens with zero attached hydrogens (tertiary/aromatic N) is 2. The average molecular weight is 287 g/mol. The Morgan fingerprint density at radius 2 is 1.94 bits per heavy atom. The lowest BCUT2D eigenvalue weighted by Gasteiger charge is -2.39. The van der Waals surface area contributed by atoms with Gasteiger partial charge in [0.05, 0.1) is 10.6 Å². The van der Waals surface area contributed by atoms with E-state index in [1.807, 2.05) is 4.90 Å². The van der Waals surface area contributed by atoms with Crippen LogP contribution in [-0.4, -0.2) is 27.9 Å². The highest BCUT2D eigenvalue weighted by Crippen LogP contribution is 2.26. The number of amides is 1. The van der Waals surface area contributed by atoms with Gasteiger partial charge in [0.1, 0.15) is 5.15 Å². The topological polar surface area (TPSA) is 33.2 Å². The third-order valence-electron chi connectivity index (χ3n) is 3.47. The van der Waals surface area contributed by atoms with Gasteiger partial charge in [-0.25, -0.2) is 4.98 Å². The van der Waals surface area contributed by atoms with Crippen molar-refractivity contribution in [3.05, 3.63) is 28.0 Å². The lowest BCUT2D eigenvalue weighted by Crippen LogP contribution is -2.47. The number of halogens is 2. The van der Waals surface area contributed by atoms with Crippen LogP contribution in [0.1, 0.15) is 43.5 Å². The highest BCUT2D eigenvalue weighted by atomic mass is 35.5. The third kappa shape index (κ3) is 2.62. The van der Waals surface area contributed by atoms with Gasteiger partial charge in [-0.05, 0) is 39.2 Å². The second-order valence-corrected chi connectivity index (χ2v) is 5.60. The van der Waals surface area contributed by atoms with Crippen molar-refractivity contribution in [2.24, 2.45) is 0 Å². The average Bonchev–Trinajstić information content (AvgIpc) is 2.32. The molecule has 0 unspecified atom stereocenters. The molecule has 0 aliphatic carbocycles. The summed E-state index contributed by atoms with van der Waals surface area (Å²) in [6, 6.07) is 2.11. The fraction of sp³-hybridized carbons (Fsp3) is 0.538. The SMILES string of the molecule is C[C@@H]1CCC[C@H](C)N1C(=O)c1cnc(Cl)c(Cl)c1. The summed E-state index contributed by atoms with van der Waals surface area (Å²) in [5.41, 5.74) is 0.505. The fourth-order valence-corrected chi connectivity index (χ4v) is 2.78. The van der Waals surface area contributed by atoms with Crippen molar-refractivity contribution in [1.82, 2.24) is 9.88 Å². The van der Waals surface area contributed by atoms with Gasteiger partial charge in [0.15, 0.2) is 0 Å². The third-order valence-corrected chi connectivity index (χ3v) is 4.16. The summed E-state index contributed by atoms with van der Waals surface area (Å²) >= 11 is 11.7. The first-order valence-electron chi connectivity index (χ1n) is 6.14. The Kier molecular flexibility index (Phi) is 4.13. The number of hydrogen-bond acceptors (Lipinski definition) is 2. The van der Waals surface area contributed by atoms with Crippen LogP contribution in [0.15, 0.2) is 12.3 Å². The largest absolute Gasteiger partial charge is 0.333 e. The molecule has 0 radical (unpaired) electrons. The molecule has 2 heterocycles. The number of rotatable bonds is 1. The van der Waals surface area contributed by atoms with Crippen molar-refractivity contribution < 1.29 is 4.79 Å². The molecule has 1 aromatic rings. The molecule has 1 saturated heterocycles. The summed E-state index contributed by atoms with van der Waals surface area (Å²) in [6.45, 7) is 4.16. The molecule has 1 aliphatic rings. The minimum atomic E-state index is -0.0132. The van der Waals surface area contributed by atoms with Gasteiger partial charge in [0.2, 0.25) is 0 Å². The van der Waals surface area contributed by atoms with Crippen molar-refractivity contribution >= 4 is 29.1 Å². The number of hydrogen-bond donors (Lipinski definition) is 0. The monoisotopic (exact) mass is 286 g/mol. The van der Waals surface area contributed by atoms with E-state index in [0.29, 0.717) is 10.6 Å². The Morgan fingerprint density at radius 3 is 2.50 bits per heavy atom. The first kappa shape index (κ1) is 13.6. The van der Waals surface area contributed by atoms with Gasteiger partial charge in [-0.1, -0.05) is 23.2 Å². The zero-order valence-corrected chi connectivity index (χ0v) is 12.0. The molecule has 2 atom stereocenters. The van der Waals surface area contributed by atoms with Crippen molar-refractivity contribution in [1.29, 1.82) is 0 Å². The second kappa shape index (κ2) is 5.45. The Morgan fingerprint density at radius 1 is 1.33 bits per heavy atom. The van der Waals surface area contributed by atoms with Crippen LogP contribution in [0.5, 0.6) is 0 Å². The molecule has 0 spiro atoms. The molecular weight excluding hydrogens is 271 g/mol. The zero-order valence-electron chi connectivity index (χ0n) is 10.5. The van der Waals surface area contributed by atoms with Gasteiger partial charge in [0, 0.05) is 18.3 Å². The molecule has 3 nitrogen and oxygen atoms in total. The van der Waals surface area contributed by atoms with E-state index in [1.165, 1.54) is 12.6 Å². The summed E-state index contributed by atoms with van der Waals surface area (Å²) in [4.78, 5) is 18.3. The van der Waals surface area contributed by atoms with Crippen LogP contribution < -0.4 is 0 Å². The van der Waals surface area contributed by atoms with Crippen LogP contribution in [0.4, 0.5) is 0 Å². The molecular formula is C13H16Cl2N2O. The molecule has 18 heavy (non-hydrogen) atoms. The first-order valence-corrected chi connectivity index (χ1v) is 6.90. The Balaban J connectivity index is 2.26. The Hall–Kier alpha value is -0.800. The van der Waals surface area contributed by atoms with E-state index in [1.54, 1.807) is 6.07 Å². The molecule has 98 valence electrons. The maximum Gasteiger partial charge on any atom is 0.255 e. The van der Waals surface area contributed by atoms with Crippen LogP contribution in [0.25, 0.3) is 0 Å². The lowest BCUT2D eigenvalue weighted by atomic mass is 9.96. The quantitative estimate of drug-likeness (QED) is 0.736. The minimum absolute atomic E-state index is 0.0132. The van der Waals surface area contributed by atoms with Gasteiger partial charge < -0.3 is 4.90 Å². The van der Waals surface area contributed by atoms with Crippen molar-refractivity contribution in [2.45, 2.75) is 45.2 Å². The predicted molar refractivity (Wildman–Crippen MR) is 73.2 cm³/mol. The molecule has 1 aliphatic heterocycles. The van der Waals surface area contributed by atoms with Crippen LogP contribution in [0.2, 0.25) is 10.2 Å². The molecule has 1 fully saturated rings. The van der Waals surface area contributed by atoms with Crippen molar-refractivity contribution in [3.63, 3.8) is 0 Å². The molecule has 5 heteroatoms. The number of likely N-dealkylation sites (tertiary alicyclic amines) is 1. The number of carbonyl (C=O) groups is 1. The maximum atomic E-state index is 12.5. The maximum absolute atomic E-state index is 12.5. The zero-order chi connectivity index (χ0) is 13.3. The standard InChI is InChI=1S/C13H16Cl2N2O/c1-8-4-3-5-9(2)17(8)13(18)10-6-11(14)12(15)16-7-10/h6-9H,3-5H2,1-2H3/t8-,9+. The van der Waals surface area contributed by atoms with E-state index in [2.05, 4.69) is 18.8 Å². The summed E-state index contributed by atoms with van der Waals surface area (Å²) in [7, 11) is 0. The van der Waals surface area contributed by atoms with E-state index < -0.39 is 0 Å². The highest BCUT2D eigenvalue weighted by molar-refractivity contribution is 6.41. The number of aromatic nitrogens is 1. The van der Waals surface area contributed by atoms with Gasteiger partial charge >= 0.3 is 0 Å². The number of carbonyl (C=O) groups excluding carboxylic acids is 1. The molecule has 1 amide bonds. The van der Waals surface area contributed by atoms with Crippen LogP contribution >= 0.6 is 23.2 Å². The van der Waals surface area contributed by atoms with Crippen LogP contribution in [0, 0.1) is 0 Å². The van der Waals surface area contributed by atoms with Crippen molar-refractivity contribution in [3.8, 4) is 0 Å². The van der Waals surface area contributed by atoms with Crippen molar-refractivity contribution in [2.75, 3.05) is 0 Å². The molecule has 0 saturated carbocycles. The Labute approximate surface area is 117 Å². The summed E-state index contributed by atoms with van der Waals surface area (Å²) in [6.07, 6.45) is 4.76. The highest BCUT2D eigenvalue weighted by Gasteiger charge is 2.29. The van der Waals surface area contributed by atoms with E-state index in [0.717, 1.165) is 12.8 Å². The molecule has 1 aromatic heterocycles. The van der Waals surface area contributed by atoms with E-state index >= 15 is 0 Å². The smallest absolute Gasteiger partial charge is 0.255 e. The summed E-state index contributed by atoms with van der Waals surface area (Å²) < 4.78 is 0. The molecule has 0 bridgehead atoms. The Bertz CT molecular complexity index is 454. The minimum Gasteiger partial charge on any atom is -0.333 e. The van der Waals surface area contributed by atoms with Gasteiger partial charge in [-0.15, -0.1) is 0 Å². The lowest BCUT2D eigenvalue weighted by molar-refractivity contribution is 0.0510. The molecule has 0 N–H and O–H groups in total. The van der Waals surface area contributed by atoms with Gasteiger partial charge in [-0.2, -0.15) is 0 Å². The van der Waals surface area contributed by atoms with Gasteiger partial charge in [0.25, 0.3) is 5.91 Å².